The van der Waals surface area contributed by atoms with Crippen LogP contribution in [-0.2, 0) is 0 Å². The molecule has 0 radical (unpaired) electrons. The van der Waals surface area contributed by atoms with Crippen LogP contribution in [0.4, 0.5) is 0 Å². The fourth-order valence-electron chi connectivity index (χ4n) is 2.98. The van der Waals surface area contributed by atoms with Crippen LogP contribution in [0.1, 0.15) is 16.0 Å². The molecule has 1 nitrogen and oxygen atoms in total. The highest BCUT2D eigenvalue weighted by Crippen LogP contribution is 2.33. The normalized spacial score (nSPS) is 11.1. The number of aryl methyl sites for hydroxylation is 1. The zero-order valence-corrected chi connectivity index (χ0v) is 13.1. The van der Waals surface area contributed by atoms with Gasteiger partial charge in [-0.05, 0) is 34.7 Å². The maximum Gasteiger partial charge on any atom is 0.0793 e. The molecule has 0 aliphatic rings. The van der Waals surface area contributed by atoms with Crippen LogP contribution in [0, 0.1) is 12.3 Å². The Balaban J connectivity index is 1.94. The van der Waals surface area contributed by atoms with Gasteiger partial charge < -0.3 is 0 Å². The molecule has 0 unspecified atom stereocenters. The molecule has 4 rings (SSSR count). The predicted molar refractivity (Wildman–Crippen MR) is 96.4 cm³/mol. The summed E-state index contributed by atoms with van der Waals surface area (Å²) in [6, 6.07) is 22.9. The van der Waals surface area contributed by atoms with Crippen molar-refractivity contribution in [3.8, 4) is 0 Å². The van der Waals surface area contributed by atoms with Crippen molar-refractivity contribution in [3.05, 3.63) is 82.7 Å². The molecular formula is C20H15NS. The fraction of sp³-hybridized carbons (Fsp3) is 0.0500. The van der Waals surface area contributed by atoms with Crippen molar-refractivity contribution in [2.45, 2.75) is 6.92 Å². The van der Waals surface area contributed by atoms with E-state index >= 15 is 0 Å². The molecule has 0 saturated carbocycles. The van der Waals surface area contributed by atoms with Gasteiger partial charge in [-0.25, -0.2) is 0 Å². The predicted octanol–water partition coefficient (Wildman–Crippen LogP) is 5.78. The summed E-state index contributed by atoms with van der Waals surface area (Å²) in [4.78, 5) is 1.07. The molecule has 0 saturated heterocycles. The van der Waals surface area contributed by atoms with Crippen LogP contribution >= 0.6 is 11.3 Å². The van der Waals surface area contributed by atoms with Gasteiger partial charge in [0, 0.05) is 10.3 Å². The lowest BCUT2D eigenvalue weighted by molar-refractivity contribution is 1.47. The third kappa shape index (κ3) is 1.96. The first-order valence-electron chi connectivity index (χ1n) is 7.31. The van der Waals surface area contributed by atoms with Crippen LogP contribution in [0.15, 0.2) is 66.7 Å². The molecule has 4 aromatic rings. The highest BCUT2D eigenvalue weighted by atomic mass is 32.1. The molecule has 1 aromatic heterocycles. The Hall–Kier alpha value is -2.45. The minimum atomic E-state index is 0.621. The zero-order valence-electron chi connectivity index (χ0n) is 12.3. The highest BCUT2D eigenvalue weighted by molar-refractivity contribution is 7.21. The Kier molecular flexibility index (Phi) is 3.05. The topological polar surface area (TPSA) is 23.9 Å². The average Bonchev–Trinajstić information content (AvgIpc) is 2.91. The smallest absolute Gasteiger partial charge is 0.0793 e. The van der Waals surface area contributed by atoms with Gasteiger partial charge in [0.2, 0.25) is 0 Å². The number of fused-ring (bicyclic) bond motifs is 2. The summed E-state index contributed by atoms with van der Waals surface area (Å²) in [5, 5.41) is 12.3. The molecule has 2 heteroatoms. The molecule has 0 aliphatic heterocycles. The van der Waals surface area contributed by atoms with E-state index in [4.69, 9.17) is 5.41 Å². The molecule has 0 atom stereocenters. The lowest BCUT2D eigenvalue weighted by Gasteiger charge is -2.08. The zero-order chi connectivity index (χ0) is 15.1. The van der Waals surface area contributed by atoms with E-state index in [-0.39, 0.29) is 0 Å². The van der Waals surface area contributed by atoms with Crippen molar-refractivity contribution >= 4 is 37.9 Å². The van der Waals surface area contributed by atoms with Gasteiger partial charge >= 0.3 is 0 Å². The standard InChI is InChI=1S/C20H15NS/c1-13-15-9-4-5-12-18(15)22-20(13)19(21)17-11-6-8-14-7-2-3-10-16(14)17/h2-12,21H,1H3. The summed E-state index contributed by atoms with van der Waals surface area (Å²) in [6.45, 7) is 2.12. The van der Waals surface area contributed by atoms with Gasteiger partial charge in [-0.3, -0.25) is 5.41 Å². The number of benzene rings is 3. The van der Waals surface area contributed by atoms with Gasteiger partial charge in [0.15, 0.2) is 0 Å². The maximum absolute atomic E-state index is 8.74. The minimum absolute atomic E-state index is 0.621. The molecule has 22 heavy (non-hydrogen) atoms. The Morgan fingerprint density at radius 2 is 1.50 bits per heavy atom. The largest absolute Gasteiger partial charge is 0.299 e. The molecular weight excluding hydrogens is 286 g/mol. The second-order valence-corrected chi connectivity index (χ2v) is 6.51. The Bertz CT molecular complexity index is 1010. The quantitative estimate of drug-likeness (QED) is 0.454. The van der Waals surface area contributed by atoms with E-state index < -0.39 is 0 Å². The van der Waals surface area contributed by atoms with E-state index in [1.54, 1.807) is 11.3 Å². The first-order chi connectivity index (χ1) is 10.8. The van der Waals surface area contributed by atoms with E-state index in [0.717, 1.165) is 15.8 Å². The molecule has 0 spiro atoms. The Morgan fingerprint density at radius 1 is 0.818 bits per heavy atom. The maximum atomic E-state index is 8.74. The Morgan fingerprint density at radius 3 is 2.32 bits per heavy atom. The summed E-state index contributed by atoms with van der Waals surface area (Å²) < 4.78 is 1.25. The van der Waals surface area contributed by atoms with Crippen molar-refractivity contribution in [2.24, 2.45) is 0 Å². The summed E-state index contributed by atoms with van der Waals surface area (Å²) >= 11 is 1.71. The van der Waals surface area contributed by atoms with Crippen molar-refractivity contribution in [1.29, 1.82) is 5.41 Å². The number of nitrogens with one attached hydrogen (secondary N) is 1. The number of hydrogen-bond acceptors (Lipinski definition) is 2. The second kappa shape index (κ2) is 5.08. The van der Waals surface area contributed by atoms with Crippen LogP contribution in [0.3, 0.4) is 0 Å². The Labute approximate surface area is 133 Å². The van der Waals surface area contributed by atoms with Gasteiger partial charge in [0.05, 0.1) is 10.6 Å². The van der Waals surface area contributed by atoms with Crippen molar-refractivity contribution < 1.29 is 0 Å². The van der Waals surface area contributed by atoms with Crippen LogP contribution in [0.5, 0.6) is 0 Å². The van der Waals surface area contributed by atoms with Crippen molar-refractivity contribution in [1.82, 2.24) is 0 Å². The van der Waals surface area contributed by atoms with Gasteiger partial charge in [-0.15, -0.1) is 11.3 Å². The summed E-state index contributed by atoms with van der Waals surface area (Å²) in [5.74, 6) is 0. The number of rotatable bonds is 2. The molecule has 0 fully saturated rings. The average molecular weight is 301 g/mol. The van der Waals surface area contributed by atoms with Crippen LogP contribution < -0.4 is 0 Å². The molecule has 3 aromatic carbocycles. The van der Waals surface area contributed by atoms with E-state index in [9.17, 15) is 0 Å². The first-order valence-corrected chi connectivity index (χ1v) is 8.12. The summed E-state index contributed by atoms with van der Waals surface area (Å²) in [7, 11) is 0. The van der Waals surface area contributed by atoms with Gasteiger partial charge in [-0.2, -0.15) is 0 Å². The summed E-state index contributed by atoms with van der Waals surface area (Å²) in [5.41, 5.74) is 2.83. The monoisotopic (exact) mass is 301 g/mol. The minimum Gasteiger partial charge on any atom is -0.299 e. The van der Waals surface area contributed by atoms with E-state index in [1.165, 1.54) is 21.0 Å². The van der Waals surface area contributed by atoms with Crippen molar-refractivity contribution in [3.63, 3.8) is 0 Å². The van der Waals surface area contributed by atoms with Gasteiger partial charge in [0.25, 0.3) is 0 Å². The highest BCUT2D eigenvalue weighted by Gasteiger charge is 2.15. The molecule has 0 bridgehead atoms. The van der Waals surface area contributed by atoms with Crippen molar-refractivity contribution in [2.75, 3.05) is 0 Å². The fourth-order valence-corrected chi connectivity index (χ4v) is 4.15. The van der Waals surface area contributed by atoms with E-state index in [0.29, 0.717) is 5.71 Å². The second-order valence-electron chi connectivity index (χ2n) is 5.45. The molecule has 1 heterocycles. The van der Waals surface area contributed by atoms with Crippen LogP contribution in [0.2, 0.25) is 0 Å². The molecule has 106 valence electrons. The van der Waals surface area contributed by atoms with Crippen LogP contribution in [-0.4, -0.2) is 5.71 Å². The third-order valence-corrected chi connectivity index (χ3v) is 5.42. The van der Waals surface area contributed by atoms with Crippen LogP contribution in [0.25, 0.3) is 20.9 Å². The van der Waals surface area contributed by atoms with E-state index in [2.05, 4.69) is 55.5 Å². The SMILES string of the molecule is Cc1c(C(=N)c2cccc3ccccc23)sc2ccccc12. The number of thiophene rings is 1. The lowest BCUT2D eigenvalue weighted by atomic mass is 9.98. The molecule has 0 aliphatic carbocycles. The van der Waals surface area contributed by atoms with Gasteiger partial charge in [0.1, 0.15) is 0 Å². The first kappa shape index (κ1) is 13.2. The summed E-state index contributed by atoms with van der Waals surface area (Å²) in [6.07, 6.45) is 0. The number of hydrogen-bond donors (Lipinski definition) is 1. The molecule has 0 amide bonds. The third-order valence-electron chi connectivity index (χ3n) is 4.13. The van der Waals surface area contributed by atoms with E-state index in [1.807, 2.05) is 18.2 Å². The molecule has 1 N–H and O–H groups in total. The van der Waals surface area contributed by atoms with Gasteiger partial charge in [-0.1, -0.05) is 60.7 Å². The lowest BCUT2D eigenvalue weighted by Crippen LogP contribution is -2.01.